The number of carbonyl (C=O) groups is 1. The maximum Gasteiger partial charge on any atom is 0.335 e. The lowest BCUT2D eigenvalue weighted by atomic mass is 10.0. The van der Waals surface area contributed by atoms with E-state index in [-0.39, 0.29) is 5.56 Å². The Labute approximate surface area is 159 Å². The fraction of sp³-hybridized carbons (Fsp3) is 0.0455. The van der Waals surface area contributed by atoms with Crippen molar-refractivity contribution < 1.29 is 9.90 Å². The zero-order valence-electron chi connectivity index (χ0n) is 15.0. The Balaban J connectivity index is 1.83. The molecule has 0 spiro atoms. The van der Waals surface area contributed by atoms with E-state index in [1.54, 1.807) is 24.5 Å². The molecule has 28 heavy (non-hydrogen) atoms. The number of carboxylic acids is 1. The first-order valence-corrected chi connectivity index (χ1v) is 8.86. The molecule has 6 nitrogen and oxygen atoms in total. The monoisotopic (exact) mass is 368 g/mol. The van der Waals surface area contributed by atoms with Gasteiger partial charge in [0.2, 0.25) is 0 Å². The van der Waals surface area contributed by atoms with Crippen LogP contribution in [-0.4, -0.2) is 26.0 Å². The Morgan fingerprint density at radius 2 is 1.86 bits per heavy atom. The molecule has 0 aliphatic rings. The summed E-state index contributed by atoms with van der Waals surface area (Å²) in [7, 11) is 0. The van der Waals surface area contributed by atoms with E-state index in [0.29, 0.717) is 5.82 Å². The van der Waals surface area contributed by atoms with E-state index in [9.17, 15) is 9.90 Å². The molecule has 6 heteroatoms. The molecule has 0 saturated heterocycles. The average Bonchev–Trinajstić information content (AvgIpc) is 3.07. The van der Waals surface area contributed by atoms with Crippen LogP contribution < -0.4 is 5.32 Å². The third kappa shape index (κ3) is 2.54. The molecule has 5 rings (SSSR count). The molecule has 0 unspecified atom stereocenters. The first-order valence-electron chi connectivity index (χ1n) is 8.86. The topological polar surface area (TPSA) is 90.9 Å². The number of rotatable bonds is 3. The van der Waals surface area contributed by atoms with Crippen molar-refractivity contribution in [2.45, 2.75) is 6.92 Å². The number of H-pyrrole nitrogens is 1. The second-order valence-corrected chi connectivity index (χ2v) is 6.79. The van der Waals surface area contributed by atoms with Gasteiger partial charge in [0, 0.05) is 34.2 Å². The number of nitrogens with zero attached hydrogens (tertiary/aromatic N) is 2. The van der Waals surface area contributed by atoms with Gasteiger partial charge in [-0.2, -0.15) is 0 Å². The Morgan fingerprint density at radius 1 is 1.04 bits per heavy atom. The van der Waals surface area contributed by atoms with E-state index in [0.717, 1.165) is 44.0 Å². The summed E-state index contributed by atoms with van der Waals surface area (Å²) in [5.41, 5.74) is 3.94. The Bertz CT molecular complexity index is 1370. The minimum atomic E-state index is -0.969. The molecule has 0 fully saturated rings. The fourth-order valence-corrected chi connectivity index (χ4v) is 3.51. The molecule has 3 heterocycles. The molecular weight excluding hydrogens is 352 g/mol. The lowest BCUT2D eigenvalue weighted by molar-refractivity contribution is 0.0697. The van der Waals surface area contributed by atoms with Gasteiger partial charge in [-0.3, -0.25) is 4.98 Å². The number of hydrogen-bond donors (Lipinski definition) is 3. The number of carboxylic acid groups (broad SMARTS) is 1. The highest BCUT2D eigenvalue weighted by Crippen LogP contribution is 2.35. The second kappa shape index (κ2) is 6.06. The summed E-state index contributed by atoms with van der Waals surface area (Å²) in [5, 5.41) is 16.3. The summed E-state index contributed by atoms with van der Waals surface area (Å²) in [6.07, 6.45) is 3.53. The highest BCUT2D eigenvalue weighted by molar-refractivity contribution is 6.21. The van der Waals surface area contributed by atoms with Gasteiger partial charge in [-0.1, -0.05) is 23.8 Å². The zero-order chi connectivity index (χ0) is 19.3. The third-order valence-corrected chi connectivity index (χ3v) is 4.91. The Morgan fingerprint density at radius 3 is 2.64 bits per heavy atom. The van der Waals surface area contributed by atoms with Gasteiger partial charge in [0.1, 0.15) is 11.5 Å². The molecule has 3 aromatic heterocycles. The van der Waals surface area contributed by atoms with Gasteiger partial charge >= 0.3 is 5.97 Å². The van der Waals surface area contributed by atoms with Crippen molar-refractivity contribution in [3.8, 4) is 0 Å². The summed E-state index contributed by atoms with van der Waals surface area (Å²) in [4.78, 5) is 23.9. The standard InChI is InChI=1S/C22H16N4O2/c1-12-2-5-14(6-3-12)24-20-16-10-13(22(27)28)4-7-15(16)19-17-11-23-9-8-18(17)25-21(19)26-20/h2-11H,1H3,(H,27,28)(H2,24,25,26). The molecule has 0 saturated carbocycles. The smallest absolute Gasteiger partial charge is 0.335 e. The number of hydrogen-bond acceptors (Lipinski definition) is 4. The summed E-state index contributed by atoms with van der Waals surface area (Å²) in [6, 6.07) is 15.0. The number of pyridine rings is 2. The summed E-state index contributed by atoms with van der Waals surface area (Å²) >= 11 is 0. The van der Waals surface area contributed by atoms with E-state index in [2.05, 4.69) is 15.3 Å². The van der Waals surface area contributed by atoms with Crippen LogP contribution in [0.1, 0.15) is 15.9 Å². The van der Waals surface area contributed by atoms with Crippen LogP contribution in [0, 0.1) is 6.92 Å². The number of nitrogens with one attached hydrogen (secondary N) is 2. The van der Waals surface area contributed by atoms with E-state index in [1.807, 2.05) is 43.3 Å². The summed E-state index contributed by atoms with van der Waals surface area (Å²) in [6.45, 7) is 2.03. The van der Waals surface area contributed by atoms with Crippen molar-refractivity contribution in [2.75, 3.05) is 5.32 Å². The van der Waals surface area contributed by atoms with Crippen LogP contribution in [0.5, 0.6) is 0 Å². The predicted octanol–water partition coefficient (Wildman–Crippen LogP) is 5.01. The SMILES string of the molecule is Cc1ccc(Nc2nc3[nH]c4ccncc4c3c3ccc(C(=O)O)cc23)cc1. The van der Waals surface area contributed by atoms with Crippen LogP contribution in [0.4, 0.5) is 11.5 Å². The normalized spacial score (nSPS) is 11.3. The van der Waals surface area contributed by atoms with Crippen molar-refractivity contribution in [3.05, 3.63) is 72.1 Å². The molecule has 0 aliphatic carbocycles. The molecule has 0 bridgehead atoms. The number of aryl methyl sites for hydroxylation is 1. The van der Waals surface area contributed by atoms with Crippen LogP contribution in [0.2, 0.25) is 0 Å². The van der Waals surface area contributed by atoms with Crippen molar-refractivity contribution in [1.29, 1.82) is 0 Å². The first-order chi connectivity index (χ1) is 13.6. The average molecular weight is 368 g/mol. The van der Waals surface area contributed by atoms with Crippen LogP contribution in [0.15, 0.2) is 60.9 Å². The van der Waals surface area contributed by atoms with Crippen LogP contribution in [-0.2, 0) is 0 Å². The molecule has 2 aromatic carbocycles. The van der Waals surface area contributed by atoms with Crippen LogP contribution >= 0.6 is 0 Å². The van der Waals surface area contributed by atoms with Gasteiger partial charge in [0.15, 0.2) is 0 Å². The number of aromatic nitrogens is 3. The van der Waals surface area contributed by atoms with Crippen LogP contribution in [0.3, 0.4) is 0 Å². The first kappa shape index (κ1) is 16.3. The minimum absolute atomic E-state index is 0.221. The highest BCUT2D eigenvalue weighted by Gasteiger charge is 2.15. The van der Waals surface area contributed by atoms with Gasteiger partial charge in [0.05, 0.1) is 11.1 Å². The maximum atomic E-state index is 11.5. The molecule has 136 valence electrons. The maximum absolute atomic E-state index is 11.5. The minimum Gasteiger partial charge on any atom is -0.478 e. The number of fused-ring (bicyclic) bond motifs is 5. The largest absolute Gasteiger partial charge is 0.478 e. The molecule has 5 aromatic rings. The zero-order valence-corrected chi connectivity index (χ0v) is 15.0. The summed E-state index contributed by atoms with van der Waals surface area (Å²) < 4.78 is 0. The van der Waals surface area contributed by atoms with E-state index >= 15 is 0 Å². The van der Waals surface area contributed by atoms with Gasteiger partial charge in [-0.05, 0) is 42.6 Å². The Hall–Kier alpha value is -3.93. The quantitative estimate of drug-likeness (QED) is 0.416. The van der Waals surface area contributed by atoms with Crippen LogP contribution in [0.25, 0.3) is 32.7 Å². The third-order valence-electron chi connectivity index (χ3n) is 4.91. The predicted molar refractivity (Wildman–Crippen MR) is 110 cm³/mol. The fourth-order valence-electron chi connectivity index (χ4n) is 3.51. The van der Waals surface area contributed by atoms with Crippen molar-refractivity contribution >= 4 is 50.2 Å². The molecule has 0 amide bonds. The lowest BCUT2D eigenvalue weighted by Crippen LogP contribution is -1.99. The summed E-state index contributed by atoms with van der Waals surface area (Å²) in [5.74, 6) is -0.363. The van der Waals surface area contributed by atoms with Crippen molar-refractivity contribution in [2.24, 2.45) is 0 Å². The molecule has 0 radical (unpaired) electrons. The molecule has 0 atom stereocenters. The van der Waals surface area contributed by atoms with E-state index in [1.165, 1.54) is 0 Å². The number of aromatic amines is 1. The van der Waals surface area contributed by atoms with Gasteiger partial charge in [-0.15, -0.1) is 0 Å². The van der Waals surface area contributed by atoms with Gasteiger partial charge in [0.25, 0.3) is 0 Å². The molecule has 0 aliphatic heterocycles. The van der Waals surface area contributed by atoms with Crippen molar-refractivity contribution in [3.63, 3.8) is 0 Å². The van der Waals surface area contributed by atoms with Crippen molar-refractivity contribution in [1.82, 2.24) is 15.0 Å². The molecule has 3 N–H and O–H groups in total. The second-order valence-electron chi connectivity index (χ2n) is 6.79. The number of benzene rings is 2. The lowest BCUT2D eigenvalue weighted by Gasteiger charge is -2.11. The Kier molecular flexibility index (Phi) is 3.52. The van der Waals surface area contributed by atoms with E-state index < -0.39 is 5.97 Å². The molecular formula is C22H16N4O2. The number of aromatic carboxylic acids is 1. The highest BCUT2D eigenvalue weighted by atomic mass is 16.4. The number of anilines is 2. The van der Waals surface area contributed by atoms with E-state index in [4.69, 9.17) is 4.98 Å². The van der Waals surface area contributed by atoms with Gasteiger partial charge < -0.3 is 15.4 Å². The van der Waals surface area contributed by atoms with Gasteiger partial charge in [-0.25, -0.2) is 9.78 Å².